The molecule has 0 aromatic rings. The van der Waals surface area contributed by atoms with Crippen molar-refractivity contribution in [3.05, 3.63) is 12.2 Å². The Hall–Kier alpha value is -0.300. The zero-order valence-corrected chi connectivity index (χ0v) is 11.5. The fourth-order valence-electron chi connectivity index (χ4n) is 4.02. The highest BCUT2D eigenvalue weighted by atomic mass is 16.3. The Morgan fingerprint density at radius 3 is 2.35 bits per heavy atom. The lowest BCUT2D eigenvalue weighted by Crippen LogP contribution is -2.30. The van der Waals surface area contributed by atoms with Crippen LogP contribution in [0.5, 0.6) is 0 Å². The average molecular weight is 236 g/mol. The second-order valence-electron chi connectivity index (χ2n) is 6.94. The fourth-order valence-corrected chi connectivity index (χ4v) is 4.02. The predicted octanol–water partition coefficient (Wildman–Crippen LogP) is 4.31. The van der Waals surface area contributed by atoms with Crippen molar-refractivity contribution in [2.45, 2.75) is 70.8 Å². The third-order valence-corrected chi connectivity index (χ3v) is 4.92. The third kappa shape index (κ3) is 3.58. The Morgan fingerprint density at radius 2 is 1.71 bits per heavy atom. The second-order valence-corrected chi connectivity index (χ2v) is 6.94. The summed E-state index contributed by atoms with van der Waals surface area (Å²) < 4.78 is 0. The van der Waals surface area contributed by atoms with Gasteiger partial charge < -0.3 is 5.11 Å². The summed E-state index contributed by atoms with van der Waals surface area (Å²) in [5.41, 5.74) is 1.02. The van der Waals surface area contributed by atoms with Crippen LogP contribution in [0.25, 0.3) is 0 Å². The van der Waals surface area contributed by atoms with Gasteiger partial charge in [-0.3, -0.25) is 0 Å². The molecular formula is C16H28O. The van der Waals surface area contributed by atoms with Gasteiger partial charge in [0.05, 0.1) is 5.60 Å². The first-order chi connectivity index (χ1) is 7.96. The molecule has 0 aromatic carbocycles. The van der Waals surface area contributed by atoms with Crippen LogP contribution in [-0.2, 0) is 0 Å². The van der Waals surface area contributed by atoms with Crippen LogP contribution in [0.15, 0.2) is 12.2 Å². The van der Waals surface area contributed by atoms with E-state index in [9.17, 15) is 5.11 Å². The molecule has 0 bridgehead atoms. The van der Waals surface area contributed by atoms with Crippen molar-refractivity contribution in [1.29, 1.82) is 0 Å². The van der Waals surface area contributed by atoms with Gasteiger partial charge in [0.25, 0.3) is 0 Å². The number of allylic oxidation sites excluding steroid dienone is 1. The van der Waals surface area contributed by atoms with Crippen LogP contribution in [0.2, 0.25) is 0 Å². The molecule has 0 aliphatic heterocycles. The molecule has 0 saturated heterocycles. The van der Waals surface area contributed by atoms with Gasteiger partial charge >= 0.3 is 0 Å². The van der Waals surface area contributed by atoms with Gasteiger partial charge in [-0.15, -0.1) is 0 Å². The van der Waals surface area contributed by atoms with Crippen molar-refractivity contribution in [3.8, 4) is 0 Å². The van der Waals surface area contributed by atoms with Crippen molar-refractivity contribution in [2.24, 2.45) is 17.8 Å². The molecule has 0 heterocycles. The highest BCUT2D eigenvalue weighted by Crippen LogP contribution is 2.42. The summed E-state index contributed by atoms with van der Waals surface area (Å²) in [5, 5.41) is 10.5. The summed E-state index contributed by atoms with van der Waals surface area (Å²) in [7, 11) is 0. The number of hydrogen-bond donors (Lipinski definition) is 1. The van der Waals surface area contributed by atoms with E-state index in [1.165, 1.54) is 44.1 Å². The zero-order valence-electron chi connectivity index (χ0n) is 11.5. The van der Waals surface area contributed by atoms with Gasteiger partial charge in [-0.1, -0.05) is 25.5 Å². The molecule has 3 atom stereocenters. The quantitative estimate of drug-likeness (QED) is 0.531. The van der Waals surface area contributed by atoms with E-state index >= 15 is 0 Å². The highest BCUT2D eigenvalue weighted by molar-refractivity contribution is 5.00. The van der Waals surface area contributed by atoms with E-state index in [0.29, 0.717) is 5.92 Å². The molecule has 98 valence electrons. The average Bonchev–Trinajstić information content (AvgIpc) is 2.37. The molecule has 0 radical (unpaired) electrons. The molecule has 0 amide bonds. The van der Waals surface area contributed by atoms with Gasteiger partial charge in [0, 0.05) is 0 Å². The molecule has 2 aliphatic rings. The topological polar surface area (TPSA) is 20.2 Å². The van der Waals surface area contributed by atoms with Crippen molar-refractivity contribution in [2.75, 3.05) is 0 Å². The molecule has 0 spiro atoms. The molecule has 1 heteroatoms. The minimum atomic E-state index is -0.422. The van der Waals surface area contributed by atoms with Gasteiger partial charge in [0.15, 0.2) is 0 Å². The van der Waals surface area contributed by atoms with Gasteiger partial charge in [0.1, 0.15) is 0 Å². The summed E-state index contributed by atoms with van der Waals surface area (Å²) in [5.74, 6) is 2.29. The lowest BCUT2D eigenvalue weighted by atomic mass is 9.74. The Kier molecular flexibility index (Phi) is 3.97. The van der Waals surface area contributed by atoms with Gasteiger partial charge in [-0.05, 0) is 69.6 Å². The van der Waals surface area contributed by atoms with Crippen LogP contribution in [0.4, 0.5) is 0 Å². The number of aliphatic hydroxyl groups is 1. The van der Waals surface area contributed by atoms with E-state index in [1.807, 2.05) is 6.92 Å². The Bertz CT molecular complexity index is 269. The molecule has 2 aliphatic carbocycles. The smallest absolute Gasteiger partial charge is 0.0625 e. The van der Waals surface area contributed by atoms with Crippen LogP contribution in [-0.4, -0.2) is 10.7 Å². The van der Waals surface area contributed by atoms with Crippen LogP contribution < -0.4 is 0 Å². The van der Waals surface area contributed by atoms with Crippen molar-refractivity contribution in [1.82, 2.24) is 0 Å². The molecule has 17 heavy (non-hydrogen) atoms. The Balaban J connectivity index is 1.97. The minimum Gasteiger partial charge on any atom is -0.390 e. The summed E-state index contributed by atoms with van der Waals surface area (Å²) in [6, 6.07) is 0. The Morgan fingerprint density at radius 1 is 1.06 bits per heavy atom. The molecule has 1 N–H and O–H groups in total. The minimum absolute atomic E-state index is 0.422. The normalized spacial score (nSPS) is 41.2. The summed E-state index contributed by atoms with van der Waals surface area (Å²) in [6.45, 7) is 8.44. The van der Waals surface area contributed by atoms with E-state index in [1.54, 1.807) is 0 Å². The fraction of sp³-hybridized carbons (Fsp3) is 0.875. The third-order valence-electron chi connectivity index (χ3n) is 4.92. The van der Waals surface area contributed by atoms with Crippen molar-refractivity contribution < 1.29 is 5.11 Å². The first-order valence-electron chi connectivity index (χ1n) is 7.35. The summed E-state index contributed by atoms with van der Waals surface area (Å²) in [6.07, 6.45) is 9.71. The van der Waals surface area contributed by atoms with E-state index in [0.717, 1.165) is 24.7 Å². The number of rotatable bonds is 1. The number of hydrogen-bond acceptors (Lipinski definition) is 1. The first kappa shape index (κ1) is 13.1. The largest absolute Gasteiger partial charge is 0.390 e. The molecule has 2 fully saturated rings. The summed E-state index contributed by atoms with van der Waals surface area (Å²) in [4.78, 5) is 0. The predicted molar refractivity (Wildman–Crippen MR) is 72.8 cm³/mol. The van der Waals surface area contributed by atoms with Crippen molar-refractivity contribution in [3.63, 3.8) is 0 Å². The molecule has 0 aromatic heterocycles. The van der Waals surface area contributed by atoms with Crippen LogP contribution in [0, 0.1) is 17.8 Å². The van der Waals surface area contributed by atoms with Crippen LogP contribution >= 0.6 is 0 Å². The van der Waals surface area contributed by atoms with Crippen LogP contribution in [0.3, 0.4) is 0 Å². The second kappa shape index (κ2) is 5.14. The Labute approximate surface area is 106 Å². The monoisotopic (exact) mass is 236 g/mol. The lowest BCUT2D eigenvalue weighted by molar-refractivity contribution is 0.0138. The molecular weight excluding hydrogens is 208 g/mol. The maximum atomic E-state index is 10.5. The van der Waals surface area contributed by atoms with Crippen molar-refractivity contribution >= 4 is 0 Å². The first-order valence-corrected chi connectivity index (χ1v) is 7.35. The van der Waals surface area contributed by atoms with Gasteiger partial charge in [-0.2, -0.15) is 0 Å². The van der Waals surface area contributed by atoms with Gasteiger partial charge in [-0.25, -0.2) is 0 Å². The standard InChI is InChI=1S/C16H28O/c1-12-4-7-14(8-5-12)15-9-6-13(2)10-16(3,17)11-15/h13-15,17H,1,4-11H2,2-3H3. The van der Waals surface area contributed by atoms with E-state index in [2.05, 4.69) is 13.5 Å². The molecule has 2 saturated carbocycles. The molecule has 3 unspecified atom stereocenters. The zero-order chi connectivity index (χ0) is 12.5. The SMILES string of the molecule is C=C1CCC(C2CCC(C)CC(C)(O)C2)CC1. The maximum Gasteiger partial charge on any atom is 0.0625 e. The van der Waals surface area contributed by atoms with Gasteiger partial charge in [0.2, 0.25) is 0 Å². The summed E-state index contributed by atoms with van der Waals surface area (Å²) >= 11 is 0. The van der Waals surface area contributed by atoms with E-state index in [4.69, 9.17) is 0 Å². The molecule has 2 rings (SSSR count). The van der Waals surface area contributed by atoms with Crippen LogP contribution in [0.1, 0.15) is 65.2 Å². The maximum absolute atomic E-state index is 10.5. The van der Waals surface area contributed by atoms with E-state index in [-0.39, 0.29) is 0 Å². The van der Waals surface area contributed by atoms with E-state index < -0.39 is 5.60 Å². The highest BCUT2D eigenvalue weighted by Gasteiger charge is 2.35. The molecule has 1 nitrogen and oxygen atoms in total. The lowest BCUT2D eigenvalue weighted by Gasteiger charge is -2.34.